The molecular weight excluding hydrogens is 330 g/mol. The largest absolute Gasteiger partial charge is 0.325 e. The third-order valence-electron chi connectivity index (χ3n) is 3.03. The minimum Gasteiger partial charge on any atom is -0.325 e. The Hall–Kier alpha value is -1.86. The lowest BCUT2D eigenvalue weighted by Crippen LogP contribution is -2.18. The van der Waals surface area contributed by atoms with Gasteiger partial charge in [-0.1, -0.05) is 26.0 Å². The van der Waals surface area contributed by atoms with E-state index in [1.165, 1.54) is 11.3 Å². The number of benzene rings is 1. The Bertz CT molecular complexity index is 698. The zero-order chi connectivity index (χ0) is 16.8. The van der Waals surface area contributed by atoms with Gasteiger partial charge >= 0.3 is 0 Å². The quantitative estimate of drug-likeness (QED) is 0.781. The molecule has 0 aliphatic carbocycles. The Morgan fingerprint density at radius 2 is 2.00 bits per heavy atom. The molecule has 1 aromatic heterocycles. The van der Waals surface area contributed by atoms with Gasteiger partial charge in [-0.2, -0.15) is 0 Å². The van der Waals surface area contributed by atoms with E-state index in [4.69, 9.17) is 0 Å². The zero-order valence-electron chi connectivity index (χ0n) is 13.3. The molecule has 0 fully saturated rings. The van der Waals surface area contributed by atoms with Gasteiger partial charge in [-0.15, -0.1) is 23.1 Å². The summed E-state index contributed by atoms with van der Waals surface area (Å²) in [6.07, 6.45) is 2.14. The van der Waals surface area contributed by atoms with Gasteiger partial charge in [0, 0.05) is 16.2 Å². The molecule has 0 spiro atoms. The van der Waals surface area contributed by atoms with Crippen LogP contribution in [0.2, 0.25) is 0 Å². The normalized spacial score (nSPS) is 10.6. The molecule has 2 aromatic rings. The average Bonchev–Trinajstić information content (AvgIpc) is 2.94. The van der Waals surface area contributed by atoms with E-state index >= 15 is 0 Å². The molecule has 2 rings (SSSR count). The Balaban J connectivity index is 1.96. The van der Waals surface area contributed by atoms with Crippen molar-refractivity contribution in [3.8, 4) is 0 Å². The molecule has 0 aliphatic rings. The number of hydrogen-bond acceptors (Lipinski definition) is 5. The number of rotatable bonds is 6. The van der Waals surface area contributed by atoms with E-state index in [0.29, 0.717) is 10.8 Å². The molecule has 1 aromatic carbocycles. The first kappa shape index (κ1) is 17.5. The highest BCUT2D eigenvalue weighted by Crippen LogP contribution is 2.25. The minimum atomic E-state index is -0.126. The lowest BCUT2D eigenvalue weighted by atomic mass is 10.2. The number of anilines is 2. The number of para-hydroxylation sites is 1. The number of thiazole rings is 1. The van der Waals surface area contributed by atoms with E-state index in [1.807, 2.05) is 44.4 Å². The third-order valence-corrected chi connectivity index (χ3v) is 4.63. The molecule has 122 valence electrons. The van der Waals surface area contributed by atoms with Crippen LogP contribution in [0.1, 0.15) is 19.5 Å². The SMILES string of the molecule is CSc1ccccc1NC(=O)Cc1csc(NC(=O)C(C)C)n1. The first-order chi connectivity index (χ1) is 11.0. The Labute approximate surface area is 143 Å². The van der Waals surface area contributed by atoms with Crippen LogP contribution in [0.4, 0.5) is 10.8 Å². The first-order valence-corrected chi connectivity index (χ1v) is 9.28. The van der Waals surface area contributed by atoms with E-state index in [0.717, 1.165) is 10.6 Å². The summed E-state index contributed by atoms with van der Waals surface area (Å²) >= 11 is 2.91. The monoisotopic (exact) mass is 349 g/mol. The molecular formula is C16H19N3O2S2. The molecule has 0 unspecified atom stereocenters. The highest BCUT2D eigenvalue weighted by molar-refractivity contribution is 7.98. The Morgan fingerprint density at radius 3 is 2.70 bits per heavy atom. The fourth-order valence-electron chi connectivity index (χ4n) is 1.80. The summed E-state index contributed by atoms with van der Waals surface area (Å²) in [4.78, 5) is 29.1. The summed E-state index contributed by atoms with van der Waals surface area (Å²) in [5.41, 5.74) is 1.45. The number of thioether (sulfide) groups is 1. The molecule has 2 N–H and O–H groups in total. The molecule has 0 aliphatic heterocycles. The van der Waals surface area contributed by atoms with Gasteiger partial charge in [-0.3, -0.25) is 9.59 Å². The van der Waals surface area contributed by atoms with Gasteiger partial charge < -0.3 is 10.6 Å². The molecule has 1 heterocycles. The topological polar surface area (TPSA) is 71.1 Å². The summed E-state index contributed by atoms with van der Waals surface area (Å²) < 4.78 is 0. The summed E-state index contributed by atoms with van der Waals surface area (Å²) in [5.74, 6) is -0.309. The van der Waals surface area contributed by atoms with Crippen LogP contribution in [0, 0.1) is 5.92 Å². The van der Waals surface area contributed by atoms with E-state index in [1.54, 1.807) is 17.1 Å². The van der Waals surface area contributed by atoms with Crippen LogP contribution in [-0.2, 0) is 16.0 Å². The van der Waals surface area contributed by atoms with Crippen molar-refractivity contribution in [2.24, 2.45) is 5.92 Å². The number of amides is 2. The van der Waals surface area contributed by atoms with E-state index in [9.17, 15) is 9.59 Å². The first-order valence-electron chi connectivity index (χ1n) is 7.17. The fourth-order valence-corrected chi connectivity index (χ4v) is 3.07. The van der Waals surface area contributed by atoms with Gasteiger partial charge in [0.2, 0.25) is 11.8 Å². The van der Waals surface area contributed by atoms with Crippen molar-refractivity contribution in [2.45, 2.75) is 25.2 Å². The number of aromatic nitrogens is 1. The van der Waals surface area contributed by atoms with Gasteiger partial charge in [0.1, 0.15) is 0 Å². The molecule has 0 radical (unpaired) electrons. The smallest absolute Gasteiger partial charge is 0.230 e. The molecule has 0 bridgehead atoms. The van der Waals surface area contributed by atoms with Gasteiger partial charge in [0.15, 0.2) is 5.13 Å². The number of hydrogen-bond donors (Lipinski definition) is 2. The molecule has 0 saturated carbocycles. The van der Waals surface area contributed by atoms with Crippen molar-refractivity contribution in [3.05, 3.63) is 35.3 Å². The lowest BCUT2D eigenvalue weighted by Gasteiger charge is -2.08. The van der Waals surface area contributed by atoms with Crippen molar-refractivity contribution in [3.63, 3.8) is 0 Å². The van der Waals surface area contributed by atoms with Gasteiger partial charge in [-0.05, 0) is 18.4 Å². The van der Waals surface area contributed by atoms with Crippen LogP contribution in [0.15, 0.2) is 34.5 Å². The molecule has 2 amide bonds. The summed E-state index contributed by atoms with van der Waals surface area (Å²) in [6.45, 7) is 3.64. The van der Waals surface area contributed by atoms with Crippen LogP contribution in [0.3, 0.4) is 0 Å². The maximum Gasteiger partial charge on any atom is 0.230 e. The van der Waals surface area contributed by atoms with Crippen molar-refractivity contribution in [1.82, 2.24) is 4.98 Å². The molecule has 7 heteroatoms. The second kappa shape index (κ2) is 8.12. The third kappa shape index (κ3) is 5.07. The predicted molar refractivity (Wildman–Crippen MR) is 96.1 cm³/mol. The minimum absolute atomic E-state index is 0.0794. The van der Waals surface area contributed by atoms with Crippen LogP contribution >= 0.6 is 23.1 Å². The lowest BCUT2D eigenvalue weighted by molar-refractivity contribution is -0.119. The van der Waals surface area contributed by atoms with E-state index in [2.05, 4.69) is 15.6 Å². The van der Waals surface area contributed by atoms with E-state index < -0.39 is 0 Å². The summed E-state index contributed by atoms with van der Waals surface area (Å²) in [7, 11) is 0. The maximum atomic E-state index is 12.1. The highest BCUT2D eigenvalue weighted by Gasteiger charge is 2.12. The van der Waals surface area contributed by atoms with Crippen LogP contribution in [-0.4, -0.2) is 23.1 Å². The van der Waals surface area contributed by atoms with Gasteiger partial charge in [0.25, 0.3) is 0 Å². The van der Waals surface area contributed by atoms with E-state index in [-0.39, 0.29) is 24.2 Å². The standard InChI is InChI=1S/C16H19N3O2S2/c1-10(2)15(21)19-16-17-11(9-23-16)8-14(20)18-12-6-4-5-7-13(12)22-3/h4-7,9-10H,8H2,1-3H3,(H,18,20)(H,17,19,21). The number of nitrogens with zero attached hydrogens (tertiary/aromatic N) is 1. The second-order valence-electron chi connectivity index (χ2n) is 5.21. The second-order valence-corrected chi connectivity index (χ2v) is 6.92. The summed E-state index contributed by atoms with van der Waals surface area (Å²) in [6, 6.07) is 7.66. The van der Waals surface area contributed by atoms with Crippen molar-refractivity contribution >= 4 is 45.7 Å². The van der Waals surface area contributed by atoms with Crippen molar-refractivity contribution < 1.29 is 9.59 Å². The highest BCUT2D eigenvalue weighted by atomic mass is 32.2. The average molecular weight is 349 g/mol. The predicted octanol–water partition coefficient (Wildman–Crippen LogP) is 3.64. The summed E-state index contributed by atoms with van der Waals surface area (Å²) in [5, 5.41) is 7.94. The maximum absolute atomic E-state index is 12.1. The van der Waals surface area contributed by atoms with Crippen LogP contribution < -0.4 is 10.6 Å². The molecule has 0 saturated heterocycles. The number of nitrogens with one attached hydrogen (secondary N) is 2. The number of carbonyl (C=O) groups excluding carboxylic acids is 2. The fraction of sp³-hybridized carbons (Fsp3) is 0.312. The molecule has 5 nitrogen and oxygen atoms in total. The molecule has 0 atom stereocenters. The van der Waals surface area contributed by atoms with Crippen LogP contribution in [0.25, 0.3) is 0 Å². The number of carbonyl (C=O) groups is 2. The Morgan fingerprint density at radius 1 is 1.26 bits per heavy atom. The molecule has 23 heavy (non-hydrogen) atoms. The van der Waals surface area contributed by atoms with Crippen LogP contribution in [0.5, 0.6) is 0 Å². The Kier molecular flexibility index (Phi) is 6.18. The van der Waals surface area contributed by atoms with Gasteiger partial charge in [0.05, 0.1) is 17.8 Å². The van der Waals surface area contributed by atoms with Gasteiger partial charge in [-0.25, -0.2) is 4.98 Å². The van der Waals surface area contributed by atoms with Crippen molar-refractivity contribution in [2.75, 3.05) is 16.9 Å². The van der Waals surface area contributed by atoms with Crippen molar-refractivity contribution in [1.29, 1.82) is 0 Å². The zero-order valence-corrected chi connectivity index (χ0v) is 14.9.